The molecule has 0 saturated carbocycles. The van der Waals surface area contributed by atoms with E-state index in [0.29, 0.717) is 70.8 Å². The van der Waals surface area contributed by atoms with Gasteiger partial charge in [0.15, 0.2) is 0 Å². The molecule has 8 amide bonds. The molecule has 106 heavy (non-hydrogen) atoms. The molecule has 0 fully saturated rings. The van der Waals surface area contributed by atoms with Crippen molar-refractivity contribution in [1.29, 1.82) is 0 Å². The predicted octanol–water partition coefficient (Wildman–Crippen LogP) is 13.5. The van der Waals surface area contributed by atoms with Crippen molar-refractivity contribution in [3.05, 3.63) is 0 Å². The van der Waals surface area contributed by atoms with Gasteiger partial charge in [-0.05, 0) is 145 Å². The summed E-state index contributed by atoms with van der Waals surface area (Å²) in [6.07, 6.45) is 40.2. The number of carboxylic acids is 2. The summed E-state index contributed by atoms with van der Waals surface area (Å²) < 4.78 is 17.4. The van der Waals surface area contributed by atoms with Crippen LogP contribution in [0, 0.1) is 12.3 Å². The molecule has 0 aromatic rings. The van der Waals surface area contributed by atoms with Crippen molar-refractivity contribution >= 4 is 65.2 Å². The van der Waals surface area contributed by atoms with Crippen LogP contribution in [0.5, 0.6) is 0 Å². The topological polar surface area (TPSA) is 352 Å². The van der Waals surface area contributed by atoms with Crippen molar-refractivity contribution in [2.24, 2.45) is 0 Å². The molecular formula is C82H148N8O16. The molecule has 612 valence electrons. The number of carbonyl (C=O) groups excluding carboxylic acids is 9. The predicted molar refractivity (Wildman–Crippen MR) is 418 cm³/mol. The van der Waals surface area contributed by atoms with Crippen LogP contribution >= 0.6 is 0 Å². The maximum Gasteiger partial charge on any atom is 0.328 e. The monoisotopic (exact) mass is 1500 g/mol. The highest BCUT2D eigenvalue weighted by Crippen LogP contribution is 2.23. The minimum Gasteiger partial charge on any atom is -0.480 e. The van der Waals surface area contributed by atoms with Gasteiger partial charge in [-0.3, -0.25) is 38.4 Å². The van der Waals surface area contributed by atoms with Crippen molar-refractivity contribution < 1.29 is 77.2 Å². The highest BCUT2D eigenvalue weighted by atomic mass is 16.5. The third-order valence-electron chi connectivity index (χ3n) is 19.3. The molecule has 0 aromatic carbocycles. The lowest BCUT2D eigenvalue weighted by molar-refractivity contribution is -0.145. The summed E-state index contributed by atoms with van der Waals surface area (Å²) in [5.74, 6) is -3.37. The Balaban J connectivity index is 5.35. The third-order valence-corrected chi connectivity index (χ3v) is 19.3. The van der Waals surface area contributed by atoms with Crippen LogP contribution in [0.3, 0.4) is 0 Å². The Hall–Kier alpha value is -6.35. The van der Waals surface area contributed by atoms with E-state index >= 15 is 0 Å². The van der Waals surface area contributed by atoms with Gasteiger partial charge in [-0.2, -0.15) is 0 Å². The van der Waals surface area contributed by atoms with Crippen LogP contribution in [0.25, 0.3) is 0 Å². The third kappa shape index (κ3) is 57.8. The molecule has 0 aromatic heterocycles. The number of carboxylic acid groups (broad SMARTS) is 2. The first-order valence-electron chi connectivity index (χ1n) is 40.9. The van der Waals surface area contributed by atoms with Crippen LogP contribution in [0.15, 0.2) is 0 Å². The summed E-state index contributed by atoms with van der Waals surface area (Å²) in [5.41, 5.74) is -2.94. The molecule has 0 bridgehead atoms. The number of terminal acetylenes is 1. The van der Waals surface area contributed by atoms with Crippen molar-refractivity contribution in [2.45, 2.75) is 411 Å². The van der Waals surface area contributed by atoms with Crippen molar-refractivity contribution in [1.82, 2.24) is 42.5 Å². The molecule has 0 aliphatic rings. The molecule has 10 N–H and O–H groups in total. The number of esters is 1. The Labute approximate surface area is 638 Å². The Bertz CT molecular complexity index is 2540. The van der Waals surface area contributed by atoms with E-state index in [-0.39, 0.29) is 132 Å². The Morgan fingerprint density at radius 1 is 0.358 bits per heavy atom. The van der Waals surface area contributed by atoms with E-state index in [2.05, 4.69) is 62.3 Å². The molecule has 0 saturated heterocycles. The molecule has 0 spiro atoms. The second-order valence-corrected chi connectivity index (χ2v) is 31.7. The molecule has 24 nitrogen and oxygen atoms in total. The van der Waals surface area contributed by atoms with E-state index in [9.17, 15) is 63.0 Å². The standard InChI is InChI=1S/C82H148N8O16/c1-13-16-19-21-23-25-27-29-31-33-35-37-39-48-70(93)86-65(76(99)100)50-52-68(91)83-60-43-41-45-64(85-72(95)54-56-81(8,9)105-62-58-79(4,5)89-74(97)47-18-15-3)75(98)90-80(6,7)59-63-106-82(10,11)57-55-73(96)88-67(78(103)104-12)46-42-44-61-84-69(92)53-51-66(77(101)102)87-71(94)49-40-38-36-34-32-30-28-26-24-22-20-17-14-2/h3,64-67H,13-14,16-63H2,1-2,4-12H3,(H,83,91)(H,84,92)(H,85,95)(H,86,93)(H,87,94)(H,88,96)(H,89,97)(H,90,98)(H,99,100)(H,101,102)/t64-,65?,66?,67-/m0/s1. The smallest absolute Gasteiger partial charge is 0.328 e. The van der Waals surface area contributed by atoms with E-state index in [0.717, 1.165) is 38.5 Å². The Morgan fingerprint density at radius 2 is 0.689 bits per heavy atom. The fourth-order valence-electron chi connectivity index (χ4n) is 12.3. The molecular weight excluding hydrogens is 1350 g/mol. The van der Waals surface area contributed by atoms with Gasteiger partial charge >= 0.3 is 17.9 Å². The average molecular weight is 1500 g/mol. The summed E-state index contributed by atoms with van der Waals surface area (Å²) in [7, 11) is 1.23. The van der Waals surface area contributed by atoms with Crippen LogP contribution in [-0.4, -0.2) is 155 Å². The van der Waals surface area contributed by atoms with Gasteiger partial charge in [0.25, 0.3) is 0 Å². The summed E-state index contributed by atoms with van der Waals surface area (Å²) >= 11 is 0. The van der Waals surface area contributed by atoms with Crippen LogP contribution in [0.1, 0.15) is 365 Å². The van der Waals surface area contributed by atoms with Crippen LogP contribution in [-0.2, 0) is 67.0 Å². The second-order valence-electron chi connectivity index (χ2n) is 31.7. The summed E-state index contributed by atoms with van der Waals surface area (Å²) in [5, 5.41) is 42.1. The number of ether oxygens (including phenoxy) is 3. The lowest BCUT2D eigenvalue weighted by Crippen LogP contribution is -2.53. The lowest BCUT2D eigenvalue weighted by Gasteiger charge is -2.32. The molecule has 0 radical (unpaired) electrons. The molecule has 24 heteroatoms. The van der Waals surface area contributed by atoms with Gasteiger partial charge in [0.05, 0.1) is 18.3 Å². The highest BCUT2D eigenvalue weighted by Gasteiger charge is 2.31. The van der Waals surface area contributed by atoms with E-state index in [4.69, 9.17) is 20.6 Å². The number of amides is 8. The highest BCUT2D eigenvalue weighted by molar-refractivity contribution is 5.88. The number of rotatable bonds is 70. The van der Waals surface area contributed by atoms with Crippen LogP contribution in [0.4, 0.5) is 0 Å². The van der Waals surface area contributed by atoms with Gasteiger partial charge in [-0.25, -0.2) is 14.4 Å². The molecule has 4 atom stereocenters. The minimum absolute atomic E-state index is 0.0127. The zero-order valence-electron chi connectivity index (χ0n) is 67.9. The summed E-state index contributed by atoms with van der Waals surface area (Å²) in [4.78, 5) is 141. The number of unbranched alkanes of at least 4 members (excludes halogenated alkanes) is 26. The average Bonchev–Trinajstić information content (AvgIpc) is 0.865. The van der Waals surface area contributed by atoms with E-state index in [1.807, 2.05) is 55.4 Å². The molecule has 0 heterocycles. The van der Waals surface area contributed by atoms with Gasteiger partial charge in [-0.1, -0.05) is 168 Å². The Morgan fingerprint density at radius 3 is 1.05 bits per heavy atom. The van der Waals surface area contributed by atoms with Crippen LogP contribution < -0.4 is 42.5 Å². The van der Waals surface area contributed by atoms with Crippen LogP contribution in [0.2, 0.25) is 0 Å². The van der Waals surface area contributed by atoms with Gasteiger partial charge in [0, 0.05) is 88.7 Å². The maximum absolute atomic E-state index is 14.2. The number of carbonyl (C=O) groups is 11. The number of nitrogens with one attached hydrogen (secondary N) is 8. The SMILES string of the molecule is C#CCCC(=O)NC(C)(C)CCOC(C)(C)CCC(=O)N[C@@H](CCCCNC(=O)CCC(NC(=O)CCCCCCCCCCCCCCC)C(=O)O)C(=O)NC(C)(C)CCOC(C)(C)CCC(=O)N[C@@H](CCCCNC(=O)CCC(NC(=O)CCCCCCCCCCCCCCC)C(=O)O)C(=O)OC. The van der Waals surface area contributed by atoms with E-state index in [1.165, 1.54) is 123 Å². The zero-order chi connectivity index (χ0) is 79.5. The minimum atomic E-state index is -1.21. The maximum atomic E-state index is 14.2. The fourth-order valence-corrected chi connectivity index (χ4v) is 12.3. The van der Waals surface area contributed by atoms with E-state index in [1.54, 1.807) is 0 Å². The quantitative estimate of drug-likeness (QED) is 0.0154. The van der Waals surface area contributed by atoms with Crippen molar-refractivity contribution in [3.63, 3.8) is 0 Å². The van der Waals surface area contributed by atoms with Crippen molar-refractivity contribution in [3.8, 4) is 12.3 Å². The van der Waals surface area contributed by atoms with E-state index < -0.39 is 76.2 Å². The molecule has 0 rings (SSSR count). The summed E-state index contributed by atoms with van der Waals surface area (Å²) in [6, 6.07) is -4.30. The lowest BCUT2D eigenvalue weighted by atomic mass is 9.98. The fraction of sp³-hybridized carbons (Fsp3) is 0.841. The molecule has 2 unspecified atom stereocenters. The number of hydrogen-bond acceptors (Lipinski definition) is 14. The normalized spacial score (nSPS) is 12.9. The van der Waals surface area contributed by atoms with Gasteiger partial charge in [0.2, 0.25) is 47.3 Å². The van der Waals surface area contributed by atoms with Gasteiger partial charge < -0.3 is 67.0 Å². The first-order valence-corrected chi connectivity index (χ1v) is 40.9. The number of hydrogen-bond donors (Lipinski definition) is 10. The number of methoxy groups -OCH3 is 1. The zero-order valence-corrected chi connectivity index (χ0v) is 67.9. The second kappa shape index (κ2) is 60.5. The van der Waals surface area contributed by atoms with Gasteiger partial charge in [-0.15, -0.1) is 12.3 Å². The Kier molecular flexibility index (Phi) is 56.9. The first kappa shape index (κ1) is 99.6. The first-order chi connectivity index (χ1) is 50.3. The van der Waals surface area contributed by atoms with Crippen molar-refractivity contribution in [2.75, 3.05) is 33.4 Å². The van der Waals surface area contributed by atoms with Gasteiger partial charge in [0.1, 0.15) is 24.2 Å². The largest absolute Gasteiger partial charge is 0.480 e. The summed E-state index contributed by atoms with van der Waals surface area (Å²) in [6.45, 7) is 20.3. The molecule has 0 aliphatic heterocycles. The molecule has 0 aliphatic carbocycles. The number of aliphatic carboxylic acids is 2.